The summed E-state index contributed by atoms with van der Waals surface area (Å²) in [6.07, 6.45) is 4.09. The van der Waals surface area contributed by atoms with Crippen LogP contribution in [0.4, 0.5) is 0 Å². The van der Waals surface area contributed by atoms with Crippen molar-refractivity contribution >= 4 is 11.6 Å². The molecule has 1 heterocycles. The fourth-order valence-electron chi connectivity index (χ4n) is 1.47. The first kappa shape index (κ1) is 12.4. The van der Waals surface area contributed by atoms with Crippen molar-refractivity contribution in [3.05, 3.63) is 23.2 Å². The zero-order chi connectivity index (χ0) is 11.5. The highest BCUT2D eigenvalue weighted by molar-refractivity contribution is 6.30. The van der Waals surface area contributed by atoms with E-state index in [1.807, 2.05) is 7.05 Å². The fourth-order valence-corrected chi connectivity index (χ4v) is 1.57. The summed E-state index contributed by atoms with van der Waals surface area (Å²) < 4.78 is 0. The first-order valence-electron chi connectivity index (χ1n) is 5.07. The lowest BCUT2D eigenvalue weighted by Crippen LogP contribution is -2.40. The molecule has 0 aliphatic rings. The van der Waals surface area contributed by atoms with Crippen molar-refractivity contribution in [3.8, 4) is 0 Å². The summed E-state index contributed by atoms with van der Waals surface area (Å²) >= 11 is 5.73. The quantitative estimate of drug-likeness (QED) is 0.861. The summed E-state index contributed by atoms with van der Waals surface area (Å²) in [7, 11) is 1.96. The first-order chi connectivity index (χ1) is 6.93. The minimum absolute atomic E-state index is 0.192. The van der Waals surface area contributed by atoms with E-state index in [9.17, 15) is 0 Å². The van der Waals surface area contributed by atoms with Gasteiger partial charge in [0, 0.05) is 24.9 Å². The van der Waals surface area contributed by atoms with Crippen molar-refractivity contribution in [1.82, 2.24) is 15.3 Å². The number of hydrogen-bond donors (Lipinski definition) is 1. The number of halogens is 1. The van der Waals surface area contributed by atoms with Gasteiger partial charge in [-0.15, -0.1) is 0 Å². The molecule has 1 aromatic rings. The van der Waals surface area contributed by atoms with Crippen LogP contribution in [0.3, 0.4) is 0 Å². The molecule has 4 heteroatoms. The molecule has 0 aliphatic carbocycles. The minimum atomic E-state index is 0.192. The second kappa shape index (κ2) is 4.90. The van der Waals surface area contributed by atoms with Gasteiger partial charge < -0.3 is 5.32 Å². The van der Waals surface area contributed by atoms with Crippen molar-refractivity contribution in [3.63, 3.8) is 0 Å². The van der Waals surface area contributed by atoms with Crippen molar-refractivity contribution in [2.24, 2.45) is 5.41 Å². The average molecular weight is 228 g/mol. The maximum absolute atomic E-state index is 5.73. The molecule has 0 bridgehead atoms. The van der Waals surface area contributed by atoms with E-state index in [-0.39, 0.29) is 5.41 Å². The zero-order valence-corrected chi connectivity index (χ0v) is 10.5. The monoisotopic (exact) mass is 227 g/mol. The van der Waals surface area contributed by atoms with E-state index in [0.717, 1.165) is 12.2 Å². The van der Waals surface area contributed by atoms with Crippen LogP contribution in [0.1, 0.15) is 26.6 Å². The zero-order valence-electron chi connectivity index (χ0n) is 9.71. The Kier molecular flexibility index (Phi) is 4.05. The van der Waals surface area contributed by atoms with Gasteiger partial charge in [-0.3, -0.25) is 0 Å². The van der Waals surface area contributed by atoms with E-state index in [1.54, 1.807) is 12.4 Å². The van der Waals surface area contributed by atoms with Crippen molar-refractivity contribution in [2.75, 3.05) is 7.05 Å². The molecular formula is C11H18ClN3. The maximum Gasteiger partial charge on any atom is 0.129 e. The molecule has 15 heavy (non-hydrogen) atoms. The number of aromatic nitrogens is 2. The third-order valence-electron chi connectivity index (χ3n) is 2.45. The lowest BCUT2D eigenvalue weighted by molar-refractivity contribution is 0.276. The molecule has 1 rings (SSSR count). The third-order valence-corrected chi connectivity index (χ3v) is 2.65. The Hall–Kier alpha value is -0.670. The highest BCUT2D eigenvalue weighted by atomic mass is 35.5. The molecule has 0 radical (unpaired) electrons. The predicted octanol–water partition coefficient (Wildman–Crippen LogP) is 2.31. The lowest BCUT2D eigenvalue weighted by atomic mass is 9.85. The van der Waals surface area contributed by atoms with Gasteiger partial charge in [-0.05, 0) is 12.5 Å². The predicted molar refractivity (Wildman–Crippen MR) is 63.0 cm³/mol. The smallest absolute Gasteiger partial charge is 0.129 e. The molecule has 0 amide bonds. The number of hydrogen-bond acceptors (Lipinski definition) is 3. The molecule has 3 nitrogen and oxygen atoms in total. The molecule has 0 saturated carbocycles. The highest BCUT2D eigenvalue weighted by Crippen LogP contribution is 2.21. The molecule has 0 saturated heterocycles. The topological polar surface area (TPSA) is 37.8 Å². The summed E-state index contributed by atoms with van der Waals surface area (Å²) in [5.41, 5.74) is 0.192. The molecule has 0 fully saturated rings. The van der Waals surface area contributed by atoms with Crippen LogP contribution in [-0.2, 0) is 6.42 Å². The normalized spacial score (nSPS) is 13.9. The van der Waals surface area contributed by atoms with Crippen LogP contribution in [0.2, 0.25) is 5.02 Å². The van der Waals surface area contributed by atoms with Crippen LogP contribution >= 0.6 is 11.6 Å². The molecule has 0 spiro atoms. The summed E-state index contributed by atoms with van der Waals surface area (Å²) in [4.78, 5) is 8.39. The minimum Gasteiger partial charge on any atom is -0.316 e. The molecule has 1 unspecified atom stereocenters. The van der Waals surface area contributed by atoms with E-state index < -0.39 is 0 Å². The first-order valence-corrected chi connectivity index (χ1v) is 5.45. The van der Waals surface area contributed by atoms with Crippen LogP contribution in [0.25, 0.3) is 0 Å². The third kappa shape index (κ3) is 3.76. The number of likely N-dealkylation sites (N-methyl/N-ethyl adjacent to an activating group) is 1. The second-order valence-electron chi connectivity index (χ2n) is 4.73. The molecule has 1 atom stereocenters. The van der Waals surface area contributed by atoms with Gasteiger partial charge in [-0.1, -0.05) is 32.4 Å². The van der Waals surface area contributed by atoms with Crippen molar-refractivity contribution in [2.45, 2.75) is 33.2 Å². The number of rotatable bonds is 3. The summed E-state index contributed by atoms with van der Waals surface area (Å²) in [6, 6.07) is 0.360. The van der Waals surface area contributed by atoms with E-state index in [0.29, 0.717) is 11.1 Å². The average Bonchev–Trinajstić information content (AvgIpc) is 2.15. The van der Waals surface area contributed by atoms with Crippen LogP contribution < -0.4 is 5.32 Å². The Balaban J connectivity index is 2.71. The van der Waals surface area contributed by atoms with Gasteiger partial charge in [0.15, 0.2) is 0 Å². The van der Waals surface area contributed by atoms with Gasteiger partial charge in [0.05, 0.1) is 5.02 Å². The van der Waals surface area contributed by atoms with Crippen LogP contribution in [-0.4, -0.2) is 23.1 Å². The summed E-state index contributed by atoms with van der Waals surface area (Å²) in [5.74, 6) is 0.827. The Bertz CT molecular complexity index is 303. The highest BCUT2D eigenvalue weighted by Gasteiger charge is 2.23. The fraction of sp³-hybridized carbons (Fsp3) is 0.636. The molecule has 1 aromatic heterocycles. The molecule has 84 valence electrons. The summed E-state index contributed by atoms with van der Waals surface area (Å²) in [6.45, 7) is 6.60. The number of nitrogens with zero attached hydrogens (tertiary/aromatic N) is 2. The van der Waals surface area contributed by atoms with E-state index in [1.165, 1.54) is 0 Å². The van der Waals surface area contributed by atoms with Crippen molar-refractivity contribution < 1.29 is 0 Å². The van der Waals surface area contributed by atoms with Gasteiger partial charge in [0.2, 0.25) is 0 Å². The lowest BCUT2D eigenvalue weighted by Gasteiger charge is -2.29. The van der Waals surface area contributed by atoms with Crippen molar-refractivity contribution in [1.29, 1.82) is 0 Å². The van der Waals surface area contributed by atoms with Crippen LogP contribution in [0, 0.1) is 5.41 Å². The van der Waals surface area contributed by atoms with Gasteiger partial charge in [-0.25, -0.2) is 9.97 Å². The van der Waals surface area contributed by atoms with Gasteiger partial charge in [-0.2, -0.15) is 0 Å². The largest absolute Gasteiger partial charge is 0.316 e. The van der Waals surface area contributed by atoms with Crippen LogP contribution in [0.5, 0.6) is 0 Å². The maximum atomic E-state index is 5.73. The van der Waals surface area contributed by atoms with Gasteiger partial charge in [0.1, 0.15) is 5.82 Å². The van der Waals surface area contributed by atoms with E-state index in [2.05, 4.69) is 36.1 Å². The van der Waals surface area contributed by atoms with E-state index >= 15 is 0 Å². The Labute approximate surface area is 96.3 Å². The Morgan fingerprint density at radius 1 is 1.33 bits per heavy atom. The summed E-state index contributed by atoms with van der Waals surface area (Å²) in [5, 5.41) is 3.87. The Morgan fingerprint density at radius 2 is 1.87 bits per heavy atom. The number of nitrogens with one attached hydrogen (secondary N) is 1. The SMILES string of the molecule is CNC(Cc1ncc(Cl)cn1)C(C)(C)C. The van der Waals surface area contributed by atoms with Gasteiger partial charge in [0.25, 0.3) is 0 Å². The Morgan fingerprint density at radius 3 is 2.27 bits per heavy atom. The van der Waals surface area contributed by atoms with Crippen LogP contribution in [0.15, 0.2) is 12.4 Å². The molecule has 1 N–H and O–H groups in total. The molecule has 0 aromatic carbocycles. The van der Waals surface area contributed by atoms with E-state index in [4.69, 9.17) is 11.6 Å². The molecule has 0 aliphatic heterocycles. The standard InChI is InChI=1S/C11H18ClN3/c1-11(2,3)9(13-4)5-10-14-6-8(12)7-15-10/h6-7,9,13H,5H2,1-4H3. The molecular weight excluding hydrogens is 210 g/mol. The van der Waals surface area contributed by atoms with Gasteiger partial charge >= 0.3 is 0 Å². The second-order valence-corrected chi connectivity index (χ2v) is 5.17.